The van der Waals surface area contributed by atoms with Crippen LogP contribution in [0.25, 0.3) is 0 Å². The van der Waals surface area contributed by atoms with Crippen molar-refractivity contribution in [2.75, 3.05) is 13.7 Å². The summed E-state index contributed by atoms with van der Waals surface area (Å²) in [7, 11) is 1.49. The van der Waals surface area contributed by atoms with E-state index in [1.165, 1.54) is 25.3 Å². The molecule has 0 spiro atoms. The van der Waals surface area contributed by atoms with E-state index >= 15 is 0 Å². The summed E-state index contributed by atoms with van der Waals surface area (Å²) in [5.74, 6) is 0.405. The Morgan fingerprint density at radius 1 is 1.38 bits per heavy atom. The zero-order chi connectivity index (χ0) is 15.5. The molecule has 0 bridgehead atoms. The lowest BCUT2D eigenvalue weighted by Gasteiger charge is -2.38. The number of halogens is 1. The van der Waals surface area contributed by atoms with Gasteiger partial charge in [0, 0.05) is 6.61 Å². The Bertz CT molecular complexity index is 505. The van der Waals surface area contributed by atoms with E-state index in [0.29, 0.717) is 31.1 Å². The van der Waals surface area contributed by atoms with E-state index < -0.39 is 11.4 Å². The first kappa shape index (κ1) is 16.0. The van der Waals surface area contributed by atoms with Gasteiger partial charge in [0.15, 0.2) is 5.78 Å². The largest absolute Gasteiger partial charge is 0.496 e. The van der Waals surface area contributed by atoms with Gasteiger partial charge in [0.2, 0.25) is 0 Å². The number of rotatable bonds is 5. The molecule has 0 amide bonds. The highest BCUT2D eigenvalue weighted by Gasteiger charge is 2.43. The van der Waals surface area contributed by atoms with Gasteiger partial charge in [-0.05, 0) is 56.7 Å². The minimum atomic E-state index is -0.831. The predicted octanol–water partition coefficient (Wildman–Crippen LogP) is 4.00. The van der Waals surface area contributed by atoms with E-state index in [1.54, 1.807) is 0 Å². The van der Waals surface area contributed by atoms with Crippen molar-refractivity contribution in [3.05, 3.63) is 29.6 Å². The monoisotopic (exact) mass is 294 g/mol. The first-order chi connectivity index (χ1) is 10.0. The molecule has 1 saturated carbocycles. The summed E-state index contributed by atoms with van der Waals surface area (Å²) in [5.41, 5.74) is -0.553. The quantitative estimate of drug-likeness (QED) is 0.770. The number of carbonyl (C=O) groups excluding carboxylic acids is 1. The fourth-order valence-corrected chi connectivity index (χ4v) is 3.04. The molecule has 0 saturated heterocycles. The number of Topliss-reactive ketones (excluding diaryl/α,β-unsaturated/α-hetero) is 1. The van der Waals surface area contributed by atoms with Crippen LogP contribution in [0.15, 0.2) is 18.2 Å². The van der Waals surface area contributed by atoms with Gasteiger partial charge < -0.3 is 9.47 Å². The molecule has 1 aromatic rings. The fraction of sp³-hybridized carbons (Fsp3) is 0.588. The zero-order valence-corrected chi connectivity index (χ0v) is 12.9. The molecule has 0 radical (unpaired) electrons. The molecule has 1 fully saturated rings. The number of ether oxygens (including phenoxy) is 2. The number of hydrogen-bond donors (Lipinski definition) is 0. The molecule has 0 aromatic heterocycles. The van der Waals surface area contributed by atoms with Gasteiger partial charge in [-0.3, -0.25) is 4.79 Å². The van der Waals surface area contributed by atoms with Gasteiger partial charge in [0.25, 0.3) is 0 Å². The summed E-state index contributed by atoms with van der Waals surface area (Å²) in [6, 6.07) is 4.04. The lowest BCUT2D eigenvalue weighted by Crippen LogP contribution is -2.45. The van der Waals surface area contributed by atoms with Crippen LogP contribution < -0.4 is 4.74 Å². The van der Waals surface area contributed by atoms with Gasteiger partial charge in [-0.2, -0.15) is 0 Å². The molecule has 1 aliphatic carbocycles. The lowest BCUT2D eigenvalue weighted by atomic mass is 9.75. The summed E-state index contributed by atoms with van der Waals surface area (Å²) in [4.78, 5) is 13.0. The first-order valence-electron chi connectivity index (χ1n) is 7.54. The van der Waals surface area contributed by atoms with Crippen molar-refractivity contribution in [1.82, 2.24) is 0 Å². The highest BCUT2D eigenvalue weighted by molar-refractivity contribution is 6.04. The molecular weight excluding hydrogens is 271 g/mol. The van der Waals surface area contributed by atoms with Gasteiger partial charge in [0.05, 0.1) is 12.7 Å². The van der Waals surface area contributed by atoms with Crippen molar-refractivity contribution >= 4 is 5.78 Å². The van der Waals surface area contributed by atoms with Crippen molar-refractivity contribution in [3.8, 4) is 5.75 Å². The van der Waals surface area contributed by atoms with Gasteiger partial charge >= 0.3 is 0 Å². The molecule has 0 unspecified atom stereocenters. The van der Waals surface area contributed by atoms with Crippen LogP contribution in [0.2, 0.25) is 0 Å². The maximum atomic E-state index is 13.5. The van der Waals surface area contributed by atoms with E-state index in [9.17, 15) is 9.18 Å². The minimum absolute atomic E-state index is 0.160. The van der Waals surface area contributed by atoms with Gasteiger partial charge in [-0.1, -0.05) is 6.92 Å². The number of ketones is 1. The van der Waals surface area contributed by atoms with Crippen LogP contribution in [0, 0.1) is 11.7 Å². The molecule has 0 N–H and O–H groups in total. The second kappa shape index (κ2) is 6.56. The van der Waals surface area contributed by atoms with E-state index in [1.807, 2.05) is 6.92 Å². The third-order valence-corrected chi connectivity index (χ3v) is 4.32. The average Bonchev–Trinajstić information content (AvgIpc) is 2.49. The van der Waals surface area contributed by atoms with E-state index in [2.05, 4.69) is 6.92 Å². The second-order valence-electron chi connectivity index (χ2n) is 5.78. The predicted molar refractivity (Wildman–Crippen MR) is 79.3 cm³/mol. The molecule has 0 aliphatic heterocycles. The topological polar surface area (TPSA) is 35.5 Å². The Balaban J connectivity index is 2.37. The van der Waals surface area contributed by atoms with Gasteiger partial charge in [0.1, 0.15) is 17.2 Å². The molecule has 21 heavy (non-hydrogen) atoms. The zero-order valence-electron chi connectivity index (χ0n) is 12.9. The van der Waals surface area contributed by atoms with Crippen LogP contribution in [-0.2, 0) is 4.74 Å². The number of carbonyl (C=O) groups is 1. The summed E-state index contributed by atoms with van der Waals surface area (Å²) < 4.78 is 24.6. The van der Waals surface area contributed by atoms with Crippen molar-refractivity contribution in [3.63, 3.8) is 0 Å². The molecule has 0 heterocycles. The lowest BCUT2D eigenvalue weighted by molar-refractivity contribution is -0.0475. The van der Waals surface area contributed by atoms with Crippen LogP contribution >= 0.6 is 0 Å². The Kier molecular flexibility index (Phi) is 4.99. The molecule has 2 rings (SSSR count). The molecule has 1 aromatic carbocycles. The maximum absolute atomic E-state index is 13.5. The van der Waals surface area contributed by atoms with Crippen molar-refractivity contribution in [1.29, 1.82) is 0 Å². The third kappa shape index (κ3) is 3.26. The Morgan fingerprint density at radius 3 is 2.62 bits per heavy atom. The van der Waals surface area contributed by atoms with E-state index in [4.69, 9.17) is 9.47 Å². The SMILES string of the molecule is CCOC1(C(=O)c2cc(F)ccc2OC)CCC(C)CC1. The van der Waals surface area contributed by atoms with Crippen LogP contribution in [0.1, 0.15) is 49.9 Å². The van der Waals surface area contributed by atoms with Crippen LogP contribution in [-0.4, -0.2) is 25.1 Å². The molecule has 0 atom stereocenters. The minimum Gasteiger partial charge on any atom is -0.496 e. The summed E-state index contributed by atoms with van der Waals surface area (Å²) >= 11 is 0. The highest BCUT2D eigenvalue weighted by Crippen LogP contribution is 2.39. The molecule has 4 heteroatoms. The van der Waals surface area contributed by atoms with E-state index in [-0.39, 0.29) is 11.3 Å². The van der Waals surface area contributed by atoms with Gasteiger partial charge in [-0.25, -0.2) is 4.39 Å². The summed E-state index contributed by atoms with van der Waals surface area (Å²) in [6.45, 7) is 4.54. The average molecular weight is 294 g/mol. The number of hydrogen-bond acceptors (Lipinski definition) is 3. The first-order valence-corrected chi connectivity index (χ1v) is 7.54. The van der Waals surface area contributed by atoms with E-state index in [0.717, 1.165) is 12.8 Å². The van der Waals surface area contributed by atoms with Crippen molar-refractivity contribution in [2.45, 2.75) is 45.1 Å². The summed E-state index contributed by atoms with van der Waals surface area (Å²) in [6.07, 6.45) is 3.26. The number of methoxy groups -OCH3 is 1. The third-order valence-electron chi connectivity index (χ3n) is 4.32. The Labute approximate surface area is 125 Å². The number of benzene rings is 1. The van der Waals surface area contributed by atoms with Crippen LogP contribution in [0.4, 0.5) is 4.39 Å². The normalized spacial score (nSPS) is 25.6. The van der Waals surface area contributed by atoms with Crippen molar-refractivity contribution in [2.24, 2.45) is 5.92 Å². The van der Waals surface area contributed by atoms with Gasteiger partial charge in [-0.15, -0.1) is 0 Å². The standard InChI is InChI=1S/C17H23FO3/c1-4-21-17(9-7-12(2)8-10-17)16(19)14-11-13(18)5-6-15(14)20-3/h5-6,11-12H,4,7-10H2,1-3H3. The summed E-state index contributed by atoms with van der Waals surface area (Å²) in [5, 5.41) is 0. The fourth-order valence-electron chi connectivity index (χ4n) is 3.04. The maximum Gasteiger partial charge on any atom is 0.198 e. The van der Waals surface area contributed by atoms with Crippen molar-refractivity contribution < 1.29 is 18.7 Å². The molecule has 3 nitrogen and oxygen atoms in total. The molecular formula is C17H23FO3. The van der Waals surface area contributed by atoms with Crippen LogP contribution in [0.5, 0.6) is 5.75 Å². The second-order valence-corrected chi connectivity index (χ2v) is 5.78. The molecule has 116 valence electrons. The van der Waals surface area contributed by atoms with Crippen LogP contribution in [0.3, 0.4) is 0 Å². The highest BCUT2D eigenvalue weighted by atomic mass is 19.1. The Morgan fingerprint density at radius 2 is 2.05 bits per heavy atom. The molecule has 1 aliphatic rings. The smallest absolute Gasteiger partial charge is 0.198 e. The Hall–Kier alpha value is -1.42.